The monoisotopic (exact) mass is 403 g/mol. The van der Waals surface area contributed by atoms with Crippen molar-refractivity contribution < 1.29 is 9.90 Å². The van der Waals surface area contributed by atoms with Gasteiger partial charge >= 0.3 is 5.97 Å². The number of rotatable bonds is 7. The molecule has 27 heavy (non-hydrogen) atoms. The first-order valence-corrected chi connectivity index (χ1v) is 11.5. The van der Waals surface area contributed by atoms with Crippen molar-refractivity contribution >= 4 is 34.2 Å². The summed E-state index contributed by atoms with van der Waals surface area (Å²) in [4.78, 5) is 16.8. The number of carboxylic acid groups (broad SMARTS) is 1. The van der Waals surface area contributed by atoms with Crippen LogP contribution in [0.4, 0.5) is 0 Å². The highest BCUT2D eigenvalue weighted by Gasteiger charge is 2.40. The standard InChI is InChI=1S/C22H29NO2S2/c1-4-22(21(24)25)10-6-12-23(15-22)11-5-7-18(19-16(2)8-13-26-19)20-17(3)9-14-27-20/h7-9,13-14H,4-6,10-12,15H2,1-3H3,(H,24,25)/t22-/m1/s1. The highest BCUT2D eigenvalue weighted by atomic mass is 32.1. The molecule has 3 rings (SSSR count). The number of thiophene rings is 2. The van der Waals surface area contributed by atoms with Gasteiger partial charge in [0.2, 0.25) is 0 Å². The molecular formula is C22H29NO2S2. The van der Waals surface area contributed by atoms with E-state index in [4.69, 9.17) is 0 Å². The second kappa shape index (κ2) is 8.72. The molecule has 0 saturated carbocycles. The van der Waals surface area contributed by atoms with Crippen molar-refractivity contribution in [1.82, 2.24) is 4.90 Å². The predicted octanol–water partition coefficient (Wildman–Crippen LogP) is 5.83. The maximum Gasteiger partial charge on any atom is 0.310 e. The number of aliphatic carboxylic acids is 1. The Kier molecular flexibility index (Phi) is 6.56. The largest absolute Gasteiger partial charge is 0.481 e. The number of aryl methyl sites for hydroxylation is 2. The fourth-order valence-corrected chi connectivity index (χ4v) is 6.02. The minimum Gasteiger partial charge on any atom is -0.481 e. The van der Waals surface area contributed by atoms with Gasteiger partial charge in [-0.1, -0.05) is 13.0 Å². The summed E-state index contributed by atoms with van der Waals surface area (Å²) in [6.07, 6.45) is 5.80. The smallest absolute Gasteiger partial charge is 0.310 e. The van der Waals surface area contributed by atoms with Crippen LogP contribution >= 0.6 is 22.7 Å². The van der Waals surface area contributed by atoms with Crippen LogP contribution < -0.4 is 0 Å². The third-order valence-electron chi connectivity index (χ3n) is 5.79. The van der Waals surface area contributed by atoms with Crippen LogP contribution in [-0.2, 0) is 4.79 Å². The van der Waals surface area contributed by atoms with Crippen LogP contribution in [-0.4, -0.2) is 35.6 Å². The van der Waals surface area contributed by atoms with E-state index in [1.165, 1.54) is 26.5 Å². The lowest BCUT2D eigenvalue weighted by Gasteiger charge is -2.39. The van der Waals surface area contributed by atoms with Crippen LogP contribution in [0.25, 0.3) is 5.57 Å². The zero-order valence-corrected chi connectivity index (χ0v) is 18.1. The summed E-state index contributed by atoms with van der Waals surface area (Å²) >= 11 is 3.61. The quantitative estimate of drug-likeness (QED) is 0.633. The van der Waals surface area contributed by atoms with Crippen molar-refractivity contribution in [3.63, 3.8) is 0 Å². The lowest BCUT2D eigenvalue weighted by Crippen LogP contribution is -2.47. The van der Waals surface area contributed by atoms with Crippen LogP contribution in [0.2, 0.25) is 0 Å². The number of hydrogen-bond donors (Lipinski definition) is 1. The van der Waals surface area contributed by atoms with Crippen LogP contribution in [0, 0.1) is 19.3 Å². The maximum absolute atomic E-state index is 11.8. The minimum absolute atomic E-state index is 0.556. The Balaban J connectivity index is 1.75. The van der Waals surface area contributed by atoms with Gasteiger partial charge in [-0.3, -0.25) is 4.79 Å². The molecule has 2 aromatic rings. The van der Waals surface area contributed by atoms with E-state index in [2.05, 4.69) is 47.7 Å². The molecule has 3 heterocycles. The maximum atomic E-state index is 11.8. The van der Waals surface area contributed by atoms with Gasteiger partial charge in [0.05, 0.1) is 5.41 Å². The number of likely N-dealkylation sites (tertiary alicyclic amines) is 1. The van der Waals surface area contributed by atoms with Crippen molar-refractivity contribution in [1.29, 1.82) is 0 Å². The van der Waals surface area contributed by atoms with E-state index < -0.39 is 11.4 Å². The molecule has 1 aliphatic heterocycles. The summed E-state index contributed by atoms with van der Waals surface area (Å²) in [7, 11) is 0. The Bertz CT molecular complexity index is 778. The topological polar surface area (TPSA) is 40.5 Å². The number of carbonyl (C=O) groups is 1. The first-order valence-electron chi connectivity index (χ1n) is 9.71. The van der Waals surface area contributed by atoms with Gasteiger partial charge in [0.15, 0.2) is 0 Å². The molecule has 1 N–H and O–H groups in total. The van der Waals surface area contributed by atoms with E-state index >= 15 is 0 Å². The van der Waals surface area contributed by atoms with E-state index in [1.807, 2.05) is 6.92 Å². The first kappa shape index (κ1) is 20.3. The Morgan fingerprint density at radius 2 is 1.85 bits per heavy atom. The fourth-order valence-electron chi connectivity index (χ4n) is 4.01. The molecule has 2 aromatic heterocycles. The summed E-state index contributed by atoms with van der Waals surface area (Å²) in [5.74, 6) is -0.630. The number of nitrogens with zero attached hydrogens (tertiary/aromatic N) is 1. The average molecular weight is 404 g/mol. The number of carboxylic acids is 1. The second-order valence-electron chi connectivity index (χ2n) is 7.59. The lowest BCUT2D eigenvalue weighted by molar-refractivity contribution is -0.152. The molecule has 146 valence electrons. The Morgan fingerprint density at radius 3 is 2.33 bits per heavy atom. The molecule has 0 bridgehead atoms. The molecule has 0 radical (unpaired) electrons. The number of hydrogen-bond acceptors (Lipinski definition) is 4. The van der Waals surface area contributed by atoms with E-state index in [9.17, 15) is 9.90 Å². The third kappa shape index (κ3) is 4.36. The van der Waals surface area contributed by atoms with Crippen molar-refractivity contribution in [2.75, 3.05) is 19.6 Å². The molecule has 1 fully saturated rings. The van der Waals surface area contributed by atoms with Gasteiger partial charge in [0, 0.05) is 28.4 Å². The molecule has 3 nitrogen and oxygen atoms in total. The fraction of sp³-hybridized carbons (Fsp3) is 0.500. The molecule has 0 amide bonds. The average Bonchev–Trinajstić information content (AvgIpc) is 3.27. The van der Waals surface area contributed by atoms with E-state index in [1.54, 1.807) is 22.7 Å². The van der Waals surface area contributed by atoms with Gasteiger partial charge in [-0.25, -0.2) is 0 Å². The van der Waals surface area contributed by atoms with Crippen molar-refractivity contribution in [2.45, 2.75) is 46.5 Å². The Labute approximate surface area is 170 Å². The highest BCUT2D eigenvalue weighted by molar-refractivity contribution is 7.14. The summed E-state index contributed by atoms with van der Waals surface area (Å²) in [5.41, 5.74) is 3.44. The van der Waals surface area contributed by atoms with Crippen molar-refractivity contribution in [3.8, 4) is 0 Å². The lowest BCUT2D eigenvalue weighted by atomic mass is 9.77. The molecule has 0 aromatic carbocycles. The van der Waals surface area contributed by atoms with Crippen LogP contribution in [0.1, 0.15) is 53.5 Å². The van der Waals surface area contributed by atoms with E-state index in [0.717, 1.165) is 32.4 Å². The van der Waals surface area contributed by atoms with Crippen molar-refractivity contribution in [3.05, 3.63) is 49.9 Å². The van der Waals surface area contributed by atoms with Crippen LogP contribution in [0.3, 0.4) is 0 Å². The number of piperidine rings is 1. The highest BCUT2D eigenvalue weighted by Crippen LogP contribution is 2.36. The summed E-state index contributed by atoms with van der Waals surface area (Å²) in [5, 5.41) is 14.0. The van der Waals surface area contributed by atoms with Gasteiger partial charge in [-0.05, 0) is 80.1 Å². The van der Waals surface area contributed by atoms with Gasteiger partial charge in [0.25, 0.3) is 0 Å². The molecule has 5 heteroatoms. The molecule has 0 spiro atoms. The molecule has 0 unspecified atom stereocenters. The third-order valence-corrected chi connectivity index (χ3v) is 7.89. The molecular weight excluding hydrogens is 374 g/mol. The van der Waals surface area contributed by atoms with Gasteiger partial charge in [-0.15, -0.1) is 22.7 Å². The SMILES string of the molecule is CC[C@@]1(C(=O)O)CCCN(CCC=C(c2sccc2C)c2sccc2C)C1. The van der Waals surface area contributed by atoms with E-state index in [0.29, 0.717) is 13.0 Å². The zero-order chi connectivity index (χ0) is 19.4. The second-order valence-corrected chi connectivity index (χ2v) is 9.42. The van der Waals surface area contributed by atoms with Gasteiger partial charge in [0.1, 0.15) is 0 Å². The minimum atomic E-state index is -0.630. The zero-order valence-electron chi connectivity index (χ0n) is 16.5. The van der Waals surface area contributed by atoms with Gasteiger partial charge < -0.3 is 10.0 Å². The summed E-state index contributed by atoms with van der Waals surface area (Å²) in [6, 6.07) is 4.37. The summed E-state index contributed by atoms with van der Waals surface area (Å²) in [6.45, 7) is 8.97. The normalized spacial score (nSPS) is 20.6. The van der Waals surface area contributed by atoms with Gasteiger partial charge in [-0.2, -0.15) is 0 Å². The molecule has 1 atom stereocenters. The van der Waals surface area contributed by atoms with Crippen LogP contribution in [0.15, 0.2) is 29.0 Å². The Morgan fingerprint density at radius 1 is 1.22 bits per heavy atom. The predicted molar refractivity (Wildman–Crippen MR) is 116 cm³/mol. The molecule has 0 aliphatic carbocycles. The van der Waals surface area contributed by atoms with E-state index in [-0.39, 0.29) is 0 Å². The summed E-state index contributed by atoms with van der Waals surface area (Å²) < 4.78 is 0. The Hall–Kier alpha value is -1.43. The van der Waals surface area contributed by atoms with Crippen molar-refractivity contribution in [2.24, 2.45) is 5.41 Å². The molecule has 1 aliphatic rings. The van der Waals surface area contributed by atoms with Crippen LogP contribution in [0.5, 0.6) is 0 Å². The molecule has 1 saturated heterocycles. The first-order chi connectivity index (χ1) is 13.0.